The molecule has 0 spiro atoms. The number of hydrogen-bond donors (Lipinski definition) is 1. The predicted octanol–water partition coefficient (Wildman–Crippen LogP) is 3.83. The van der Waals surface area contributed by atoms with Gasteiger partial charge in [0.1, 0.15) is 0 Å². The highest BCUT2D eigenvalue weighted by Gasteiger charge is 2.39. The molecule has 0 aromatic heterocycles. The number of aryl methyl sites for hydroxylation is 1. The van der Waals surface area contributed by atoms with Gasteiger partial charge in [-0.25, -0.2) is 0 Å². The van der Waals surface area contributed by atoms with Crippen molar-refractivity contribution < 1.29 is 4.79 Å². The molecule has 1 aliphatic rings. The van der Waals surface area contributed by atoms with Crippen molar-refractivity contribution in [3.05, 3.63) is 34.3 Å². The molecule has 2 rings (SSSR count). The minimum absolute atomic E-state index is 0.0607. The molecule has 2 atom stereocenters. The van der Waals surface area contributed by atoms with Crippen molar-refractivity contribution >= 4 is 17.5 Å². The summed E-state index contributed by atoms with van der Waals surface area (Å²) in [6, 6.07) is 5.83. The summed E-state index contributed by atoms with van der Waals surface area (Å²) < 4.78 is 0. The van der Waals surface area contributed by atoms with Gasteiger partial charge >= 0.3 is 0 Å². The van der Waals surface area contributed by atoms with Crippen molar-refractivity contribution in [3.63, 3.8) is 0 Å². The molecule has 2 unspecified atom stereocenters. The number of nitrogens with two attached hydrogens (primary N) is 1. The average Bonchev–Trinajstić information content (AvgIpc) is 2.51. The van der Waals surface area contributed by atoms with Gasteiger partial charge in [0.15, 0.2) is 0 Å². The molecule has 1 amide bonds. The molecule has 0 bridgehead atoms. The van der Waals surface area contributed by atoms with Crippen LogP contribution in [0.3, 0.4) is 0 Å². The van der Waals surface area contributed by atoms with E-state index in [0.717, 1.165) is 29.0 Å². The van der Waals surface area contributed by atoms with Crippen LogP contribution in [0.15, 0.2) is 18.2 Å². The number of nitrogens with zero attached hydrogens (tertiary/aromatic N) is 1. The van der Waals surface area contributed by atoms with Gasteiger partial charge in [-0.3, -0.25) is 4.79 Å². The Hall–Kier alpha value is -1.06. The maximum absolute atomic E-state index is 12.6. The Bertz CT molecular complexity index is 536. The molecule has 0 radical (unpaired) electrons. The minimum Gasteiger partial charge on any atom is -0.329 e. The van der Waals surface area contributed by atoms with Gasteiger partial charge in [0, 0.05) is 23.0 Å². The molecule has 4 heteroatoms. The third-order valence-electron chi connectivity index (χ3n) is 4.14. The van der Waals surface area contributed by atoms with Crippen molar-refractivity contribution in [1.82, 2.24) is 4.90 Å². The van der Waals surface area contributed by atoms with Gasteiger partial charge in [-0.05, 0) is 57.7 Å². The molecular formula is C17H25ClN2O. The van der Waals surface area contributed by atoms with Crippen molar-refractivity contribution in [2.45, 2.75) is 64.6 Å². The number of carbonyl (C=O) groups is 1. The van der Waals surface area contributed by atoms with Crippen LogP contribution in [0, 0.1) is 6.92 Å². The van der Waals surface area contributed by atoms with E-state index in [-0.39, 0.29) is 23.5 Å². The molecule has 1 heterocycles. The molecule has 0 saturated carbocycles. The Labute approximate surface area is 132 Å². The van der Waals surface area contributed by atoms with Crippen molar-refractivity contribution in [1.29, 1.82) is 0 Å². The summed E-state index contributed by atoms with van der Waals surface area (Å²) in [6.45, 7) is 8.16. The molecule has 116 valence electrons. The van der Waals surface area contributed by atoms with Crippen LogP contribution in [-0.4, -0.2) is 22.4 Å². The number of benzene rings is 1. The lowest BCUT2D eigenvalue weighted by Gasteiger charge is -2.43. The summed E-state index contributed by atoms with van der Waals surface area (Å²) in [4.78, 5) is 14.5. The highest BCUT2D eigenvalue weighted by atomic mass is 35.5. The molecule has 1 aromatic carbocycles. The lowest BCUT2D eigenvalue weighted by Crippen LogP contribution is -2.51. The van der Waals surface area contributed by atoms with Gasteiger partial charge in [0.2, 0.25) is 5.91 Å². The number of hydrogen-bond acceptors (Lipinski definition) is 2. The van der Waals surface area contributed by atoms with E-state index in [9.17, 15) is 4.79 Å². The van der Waals surface area contributed by atoms with Crippen molar-refractivity contribution in [2.24, 2.45) is 5.73 Å². The van der Waals surface area contributed by atoms with Gasteiger partial charge in [-0.15, -0.1) is 0 Å². The fourth-order valence-corrected chi connectivity index (χ4v) is 3.28. The zero-order valence-corrected chi connectivity index (χ0v) is 14.1. The Balaban J connectivity index is 2.51. The van der Waals surface area contributed by atoms with E-state index >= 15 is 0 Å². The number of halogens is 1. The normalized spacial score (nSPS) is 24.1. The Kier molecular flexibility index (Phi) is 4.64. The average molecular weight is 309 g/mol. The van der Waals surface area contributed by atoms with Crippen LogP contribution in [-0.2, 0) is 4.79 Å². The van der Waals surface area contributed by atoms with Gasteiger partial charge < -0.3 is 10.6 Å². The van der Waals surface area contributed by atoms with Gasteiger partial charge in [-0.2, -0.15) is 0 Å². The first-order chi connectivity index (χ1) is 9.71. The molecule has 2 N–H and O–H groups in total. The third-order valence-corrected chi connectivity index (χ3v) is 4.55. The van der Waals surface area contributed by atoms with Crippen LogP contribution < -0.4 is 5.73 Å². The zero-order chi connectivity index (χ0) is 15.8. The van der Waals surface area contributed by atoms with Crippen LogP contribution in [0.5, 0.6) is 0 Å². The number of rotatable bonds is 1. The van der Waals surface area contributed by atoms with E-state index in [0.29, 0.717) is 6.42 Å². The topological polar surface area (TPSA) is 46.3 Å². The number of likely N-dealkylation sites (tertiary alicyclic amines) is 1. The summed E-state index contributed by atoms with van der Waals surface area (Å²) in [5.41, 5.74) is 8.22. The molecule has 21 heavy (non-hydrogen) atoms. The summed E-state index contributed by atoms with van der Waals surface area (Å²) >= 11 is 6.28. The first kappa shape index (κ1) is 16.3. The fourth-order valence-electron chi connectivity index (χ4n) is 3.09. The smallest absolute Gasteiger partial charge is 0.223 e. The lowest BCUT2D eigenvalue weighted by molar-refractivity contribution is -0.139. The van der Waals surface area contributed by atoms with Crippen LogP contribution in [0.25, 0.3) is 0 Å². The van der Waals surface area contributed by atoms with Crippen molar-refractivity contribution in [2.75, 3.05) is 0 Å². The van der Waals surface area contributed by atoms with Gasteiger partial charge in [-0.1, -0.05) is 23.7 Å². The highest BCUT2D eigenvalue weighted by molar-refractivity contribution is 6.31. The maximum Gasteiger partial charge on any atom is 0.223 e. The summed E-state index contributed by atoms with van der Waals surface area (Å²) in [5, 5.41) is 0.727. The minimum atomic E-state index is -0.263. The molecule has 1 aliphatic heterocycles. The number of carbonyl (C=O) groups excluding carboxylic acids is 1. The second kappa shape index (κ2) is 5.98. The summed E-state index contributed by atoms with van der Waals surface area (Å²) in [7, 11) is 0. The zero-order valence-electron chi connectivity index (χ0n) is 13.3. The largest absolute Gasteiger partial charge is 0.329 e. The van der Waals surface area contributed by atoms with E-state index in [1.54, 1.807) is 0 Å². The van der Waals surface area contributed by atoms with Gasteiger partial charge in [0.25, 0.3) is 0 Å². The Morgan fingerprint density at radius 2 is 2.00 bits per heavy atom. The third kappa shape index (κ3) is 3.41. The SMILES string of the molecule is Cc1ccc(C2C(N)CCCC(=O)N2C(C)(C)C)cc1Cl. The van der Waals surface area contributed by atoms with Crippen LogP contribution in [0.2, 0.25) is 5.02 Å². The van der Waals surface area contributed by atoms with E-state index in [1.165, 1.54) is 0 Å². The quantitative estimate of drug-likeness (QED) is 0.857. The molecule has 0 aliphatic carbocycles. The molecule has 1 fully saturated rings. The second-order valence-corrected chi connectivity index (χ2v) is 7.35. The molecule has 1 aromatic rings. The fraction of sp³-hybridized carbons (Fsp3) is 0.588. The molecular weight excluding hydrogens is 284 g/mol. The standard InChI is InChI=1S/C17H25ClN2O/c1-11-8-9-12(10-13(11)18)16-14(19)6-5-7-15(21)20(16)17(2,3)4/h8-10,14,16H,5-7,19H2,1-4H3. The lowest BCUT2D eigenvalue weighted by atomic mass is 9.92. The van der Waals surface area contributed by atoms with E-state index in [2.05, 4.69) is 20.8 Å². The van der Waals surface area contributed by atoms with Crippen LogP contribution in [0.4, 0.5) is 0 Å². The van der Waals surface area contributed by atoms with Gasteiger partial charge in [0.05, 0.1) is 6.04 Å². The van der Waals surface area contributed by atoms with Crippen molar-refractivity contribution in [3.8, 4) is 0 Å². The molecule has 1 saturated heterocycles. The Morgan fingerprint density at radius 3 is 2.57 bits per heavy atom. The number of amides is 1. The van der Waals surface area contributed by atoms with E-state index < -0.39 is 0 Å². The Morgan fingerprint density at radius 1 is 1.33 bits per heavy atom. The second-order valence-electron chi connectivity index (χ2n) is 6.94. The summed E-state index contributed by atoms with van der Waals surface area (Å²) in [5.74, 6) is 0.178. The van der Waals surface area contributed by atoms with Crippen LogP contribution >= 0.6 is 11.6 Å². The highest BCUT2D eigenvalue weighted by Crippen LogP contribution is 2.36. The predicted molar refractivity (Wildman–Crippen MR) is 87.4 cm³/mol. The first-order valence-corrected chi connectivity index (χ1v) is 7.93. The molecule has 3 nitrogen and oxygen atoms in total. The van der Waals surface area contributed by atoms with E-state index in [1.807, 2.05) is 30.0 Å². The monoisotopic (exact) mass is 308 g/mol. The summed E-state index contributed by atoms with van der Waals surface area (Å²) in [6.07, 6.45) is 2.28. The van der Waals surface area contributed by atoms with Crippen LogP contribution in [0.1, 0.15) is 57.2 Å². The van der Waals surface area contributed by atoms with E-state index in [4.69, 9.17) is 17.3 Å². The first-order valence-electron chi connectivity index (χ1n) is 7.55. The maximum atomic E-state index is 12.6.